The molecular weight excluding hydrogens is 997 g/mol. The number of methoxy groups -OCH3 is 1. The molecule has 0 spiro atoms. The van der Waals surface area contributed by atoms with Crippen LogP contribution in [0.2, 0.25) is 0 Å². The molecule has 2 aliphatic carbocycles. The van der Waals surface area contributed by atoms with Gasteiger partial charge in [-0.1, -0.05) is 26.8 Å². The molecule has 20 nitrogen and oxygen atoms in total. The molecule has 2 saturated carbocycles. The molecule has 0 radical (unpaired) electrons. The van der Waals surface area contributed by atoms with Crippen molar-refractivity contribution in [2.24, 2.45) is 17.3 Å². The maximum atomic E-state index is 15.3. The summed E-state index contributed by atoms with van der Waals surface area (Å²) in [4.78, 5) is 66.4. The van der Waals surface area contributed by atoms with Crippen LogP contribution in [0, 0.1) is 17.3 Å². The number of morpholine rings is 1. The topological polar surface area (TPSA) is 204 Å². The van der Waals surface area contributed by atoms with Crippen LogP contribution < -0.4 is 15.6 Å². The number of aromatic nitrogens is 4. The van der Waals surface area contributed by atoms with Gasteiger partial charge in [0.25, 0.3) is 5.91 Å². The van der Waals surface area contributed by atoms with Crippen molar-refractivity contribution in [3.05, 3.63) is 72.2 Å². The molecule has 6 fully saturated rings. The number of carbonyl (C=O) groups is 3. The maximum absolute atomic E-state index is 15.3. The summed E-state index contributed by atoms with van der Waals surface area (Å²) < 4.78 is 44.9. The summed E-state index contributed by atoms with van der Waals surface area (Å²) in [5.74, 6) is -1.50. The summed E-state index contributed by atoms with van der Waals surface area (Å²) in [5, 5.41) is 5.70. The molecule has 5 aromatic rings. The number of pyridine rings is 1. The zero-order valence-electron chi connectivity index (χ0n) is 45.8. The van der Waals surface area contributed by atoms with E-state index in [9.17, 15) is 9.59 Å². The summed E-state index contributed by atoms with van der Waals surface area (Å²) in [6, 6.07) is 6.64. The Bertz CT molecular complexity index is 2940. The lowest BCUT2D eigenvalue weighted by atomic mass is 9.84. The molecule has 4 saturated heterocycles. The van der Waals surface area contributed by atoms with E-state index >= 15 is 4.79 Å². The number of hydrogen-bond donors (Lipinski definition) is 2. The number of ether oxygens (including phenoxy) is 5. The average molecular weight is 1070 g/mol. The summed E-state index contributed by atoms with van der Waals surface area (Å²) in [6.07, 6.45) is 12.2. The minimum atomic E-state index is -1.17. The zero-order valence-corrected chi connectivity index (χ0v) is 45.8. The van der Waals surface area contributed by atoms with Crippen molar-refractivity contribution in [3.63, 3.8) is 0 Å². The number of hydrogen-bond acceptors (Lipinski definition) is 17. The lowest BCUT2D eigenvalue weighted by Gasteiger charge is -2.40. The van der Waals surface area contributed by atoms with Crippen molar-refractivity contribution in [2.75, 3.05) is 97.5 Å². The molecule has 4 aromatic heterocycles. The number of nitrogens with zero attached hydrogens (tertiary/aromatic N) is 8. The Morgan fingerprint density at radius 2 is 1.73 bits per heavy atom. The fraction of sp³-hybridized carbons (Fsp3) is 0.621. The first-order valence-electron chi connectivity index (χ1n) is 28.5. The molecule has 1 aromatic carbocycles. The molecule has 2 N–H and O–H groups in total. The van der Waals surface area contributed by atoms with Crippen molar-refractivity contribution in [2.45, 2.75) is 121 Å². The zero-order chi connectivity index (χ0) is 53.7. The molecule has 9 heterocycles. The van der Waals surface area contributed by atoms with Gasteiger partial charge in [0.15, 0.2) is 6.39 Å². The van der Waals surface area contributed by atoms with E-state index in [2.05, 4.69) is 80.0 Å². The highest BCUT2D eigenvalue weighted by Crippen LogP contribution is 2.53. The van der Waals surface area contributed by atoms with E-state index < -0.39 is 41.3 Å². The average Bonchev–Trinajstić information content (AvgIpc) is 4.41. The largest absolute Gasteiger partial charge is 0.464 e. The lowest BCUT2D eigenvalue weighted by Crippen LogP contribution is -2.63. The monoisotopic (exact) mass is 1070 g/mol. The van der Waals surface area contributed by atoms with Crippen molar-refractivity contribution in [3.8, 4) is 22.5 Å². The Balaban J connectivity index is 0.994. The molecule has 418 valence electrons. The number of piperazine rings is 1. The standard InChI is InChI=1S/C58H76N10O10/c1-35-48(46-31-75-34-60-46)49(35)54(69)62-51-53(66-19-24-74-25-20-66)55-61-45(32-77-55)37-8-11-47-41(27-37)43(29-58(3,4)33-78-57(71)44-7-6-14-68(63-44)56(51)70)52(67(47)21-26-76-40-12-22-73-23-13-40)42-28-39(30-59-50(42)36(2)72-5)65-17-15-64(16-18-65)38-9-10-38/h8,11,27-28,30-32,34-36,38,40,44,48-49,51,53,63H,6-7,9-10,12-26,29,33H2,1-5H3,(H,62,69)/t35-,36-,44-,48-,49+,51-,53-/m0/s1. The second-order valence-electron chi connectivity index (χ2n) is 23.4. The Morgan fingerprint density at radius 3 is 2.49 bits per heavy atom. The van der Waals surface area contributed by atoms with Crippen LogP contribution in [0.4, 0.5) is 5.69 Å². The first kappa shape index (κ1) is 52.9. The van der Waals surface area contributed by atoms with Gasteiger partial charge in [0.1, 0.15) is 36.3 Å². The predicted octanol–water partition coefficient (Wildman–Crippen LogP) is 6.06. The van der Waals surface area contributed by atoms with Gasteiger partial charge in [-0.05, 0) is 81.5 Å². The minimum absolute atomic E-state index is 0.0336. The number of oxazole rings is 2. The number of benzene rings is 1. The minimum Gasteiger partial charge on any atom is -0.464 e. The van der Waals surface area contributed by atoms with Gasteiger partial charge < -0.3 is 47.3 Å². The third-order valence-electron chi connectivity index (χ3n) is 17.5. The Kier molecular flexibility index (Phi) is 15.2. The van der Waals surface area contributed by atoms with Gasteiger partial charge in [-0.15, -0.1) is 0 Å². The number of carbonyl (C=O) groups excluding carboxylic acids is 3. The molecule has 20 heteroatoms. The van der Waals surface area contributed by atoms with E-state index in [0.717, 1.165) is 83.7 Å². The molecule has 78 heavy (non-hydrogen) atoms. The van der Waals surface area contributed by atoms with E-state index in [-0.39, 0.29) is 42.4 Å². The third kappa shape index (κ3) is 10.8. The van der Waals surface area contributed by atoms with Gasteiger partial charge >= 0.3 is 5.97 Å². The SMILES string of the molecule is CO[C@@H](C)c1ncc(N2CCN(C3CC3)CC2)cc1-c1c2c3cc(ccc3n1CCOC1CCOCC1)-c1coc(n1)[C@@H](N1CCOCC1)[C@H](NC(=O)[C@@H]1[C@@H](C)[C@H]1c1cocn1)C(=O)N1CCC[C@H](N1)C(=O)OCC(C)(C)C2. The highest BCUT2D eigenvalue weighted by atomic mass is 16.5. The molecular formula is C58H76N10O10. The van der Waals surface area contributed by atoms with Crippen LogP contribution in [0.15, 0.2) is 58.2 Å². The van der Waals surface area contributed by atoms with Crippen molar-refractivity contribution >= 4 is 34.4 Å². The van der Waals surface area contributed by atoms with Gasteiger partial charge in [-0.25, -0.2) is 15.4 Å². The van der Waals surface area contributed by atoms with Crippen LogP contribution in [0.1, 0.15) is 107 Å². The van der Waals surface area contributed by atoms with E-state index in [1.165, 1.54) is 24.2 Å². The highest BCUT2D eigenvalue weighted by Gasteiger charge is 2.55. The third-order valence-corrected chi connectivity index (χ3v) is 17.5. The quantitative estimate of drug-likeness (QED) is 0.129. The first-order valence-corrected chi connectivity index (χ1v) is 28.5. The number of nitrogens with one attached hydrogen (secondary N) is 2. The summed E-state index contributed by atoms with van der Waals surface area (Å²) >= 11 is 0. The van der Waals surface area contributed by atoms with Gasteiger partial charge in [-0.3, -0.25) is 34.2 Å². The highest BCUT2D eigenvalue weighted by molar-refractivity contribution is 5.96. The van der Waals surface area contributed by atoms with Crippen LogP contribution in [-0.4, -0.2) is 169 Å². The molecule has 7 aliphatic rings. The number of cyclic esters (lactones) is 1. The molecule has 7 atom stereocenters. The first-order chi connectivity index (χ1) is 37.9. The Labute approximate surface area is 455 Å². The normalized spacial score (nSPS) is 27.1. The van der Waals surface area contributed by atoms with Gasteiger partial charge in [0, 0.05) is 118 Å². The molecule has 6 bridgehead atoms. The number of amides is 2. The van der Waals surface area contributed by atoms with E-state index in [1.807, 2.05) is 13.1 Å². The summed E-state index contributed by atoms with van der Waals surface area (Å²) in [6.45, 7) is 16.8. The Morgan fingerprint density at radius 1 is 0.936 bits per heavy atom. The number of rotatable bonds is 13. The molecule has 0 unspecified atom stereocenters. The fourth-order valence-electron chi connectivity index (χ4n) is 12.8. The predicted molar refractivity (Wildman–Crippen MR) is 288 cm³/mol. The fourth-order valence-corrected chi connectivity index (χ4v) is 12.8. The van der Waals surface area contributed by atoms with Gasteiger partial charge in [-0.2, -0.15) is 0 Å². The second-order valence-corrected chi connectivity index (χ2v) is 23.4. The number of esters is 1. The van der Waals surface area contributed by atoms with Crippen molar-refractivity contribution in [1.82, 2.24) is 45.1 Å². The van der Waals surface area contributed by atoms with Crippen LogP contribution in [0.3, 0.4) is 0 Å². The molecule has 2 amide bonds. The Hall–Kier alpha value is -5.74. The lowest BCUT2D eigenvalue weighted by molar-refractivity contribution is -0.156. The van der Waals surface area contributed by atoms with Crippen LogP contribution in [0.25, 0.3) is 33.4 Å². The van der Waals surface area contributed by atoms with E-state index in [0.29, 0.717) is 95.9 Å². The molecule has 12 rings (SSSR count). The number of fused-ring (bicyclic) bond motifs is 6. The van der Waals surface area contributed by atoms with Crippen LogP contribution in [0.5, 0.6) is 0 Å². The summed E-state index contributed by atoms with van der Waals surface area (Å²) in [7, 11) is 1.73. The van der Waals surface area contributed by atoms with Gasteiger partial charge in [0.2, 0.25) is 11.8 Å². The smallest absolute Gasteiger partial charge is 0.324 e. The van der Waals surface area contributed by atoms with E-state index in [4.69, 9.17) is 42.5 Å². The van der Waals surface area contributed by atoms with Crippen LogP contribution in [-0.2, 0) is 51.0 Å². The van der Waals surface area contributed by atoms with E-state index in [1.54, 1.807) is 19.6 Å². The maximum Gasteiger partial charge on any atom is 0.324 e. The number of hydrazine groups is 1. The van der Waals surface area contributed by atoms with Crippen molar-refractivity contribution < 1.29 is 46.9 Å². The van der Waals surface area contributed by atoms with Crippen LogP contribution >= 0.6 is 0 Å². The van der Waals surface area contributed by atoms with Crippen molar-refractivity contribution in [1.29, 1.82) is 0 Å². The van der Waals surface area contributed by atoms with Gasteiger partial charge in [0.05, 0.1) is 67.6 Å². The number of anilines is 1. The summed E-state index contributed by atoms with van der Waals surface area (Å²) in [5.41, 5.74) is 10.7. The molecule has 5 aliphatic heterocycles. The second kappa shape index (κ2) is 22.4.